The van der Waals surface area contributed by atoms with E-state index in [2.05, 4.69) is 0 Å². The van der Waals surface area contributed by atoms with E-state index >= 15 is 0 Å². The zero-order chi connectivity index (χ0) is 10.9. The van der Waals surface area contributed by atoms with Crippen LogP contribution in [0.5, 0.6) is 0 Å². The SMILES string of the molecule is CC(C)c1ccc(Cl)c(C(C)O)c1F. The van der Waals surface area contributed by atoms with E-state index in [1.54, 1.807) is 12.1 Å². The summed E-state index contributed by atoms with van der Waals surface area (Å²) in [5.41, 5.74) is 0.781. The lowest BCUT2D eigenvalue weighted by Gasteiger charge is -2.14. The minimum absolute atomic E-state index is 0.0877. The summed E-state index contributed by atoms with van der Waals surface area (Å²) in [6.45, 7) is 5.31. The normalized spacial score (nSPS) is 13.4. The molecule has 0 aliphatic heterocycles. The van der Waals surface area contributed by atoms with Gasteiger partial charge in [-0.25, -0.2) is 4.39 Å². The van der Waals surface area contributed by atoms with E-state index in [1.807, 2.05) is 13.8 Å². The molecule has 14 heavy (non-hydrogen) atoms. The van der Waals surface area contributed by atoms with Gasteiger partial charge in [-0.05, 0) is 24.5 Å². The van der Waals surface area contributed by atoms with Gasteiger partial charge in [-0.3, -0.25) is 0 Å². The molecule has 1 unspecified atom stereocenters. The fourth-order valence-corrected chi connectivity index (χ4v) is 1.72. The minimum Gasteiger partial charge on any atom is -0.389 e. The number of hydrogen-bond acceptors (Lipinski definition) is 1. The van der Waals surface area contributed by atoms with Gasteiger partial charge >= 0.3 is 0 Å². The molecule has 0 saturated heterocycles. The van der Waals surface area contributed by atoms with Crippen LogP contribution >= 0.6 is 11.6 Å². The zero-order valence-corrected chi connectivity index (χ0v) is 9.27. The second-order valence-corrected chi connectivity index (χ2v) is 4.10. The maximum absolute atomic E-state index is 13.8. The molecule has 1 aromatic carbocycles. The van der Waals surface area contributed by atoms with Crippen LogP contribution in [0.15, 0.2) is 12.1 Å². The highest BCUT2D eigenvalue weighted by atomic mass is 35.5. The molecule has 1 aromatic rings. The highest BCUT2D eigenvalue weighted by molar-refractivity contribution is 6.31. The molecular formula is C11H14ClFO. The molecule has 1 N–H and O–H groups in total. The highest BCUT2D eigenvalue weighted by Gasteiger charge is 2.17. The Labute approximate surface area is 88.5 Å². The first-order valence-corrected chi connectivity index (χ1v) is 4.98. The molecule has 1 atom stereocenters. The van der Waals surface area contributed by atoms with Crippen molar-refractivity contribution < 1.29 is 9.50 Å². The fourth-order valence-electron chi connectivity index (χ4n) is 1.42. The van der Waals surface area contributed by atoms with Crippen LogP contribution in [0.2, 0.25) is 5.02 Å². The first kappa shape index (κ1) is 11.5. The summed E-state index contributed by atoms with van der Waals surface area (Å²) in [7, 11) is 0. The van der Waals surface area contributed by atoms with Crippen LogP contribution in [0.3, 0.4) is 0 Å². The molecule has 0 radical (unpaired) electrons. The van der Waals surface area contributed by atoms with Gasteiger partial charge in [0.2, 0.25) is 0 Å². The van der Waals surface area contributed by atoms with Crippen LogP contribution < -0.4 is 0 Å². The van der Waals surface area contributed by atoms with E-state index in [0.29, 0.717) is 5.56 Å². The number of halogens is 2. The van der Waals surface area contributed by atoms with Crippen molar-refractivity contribution in [2.24, 2.45) is 0 Å². The Morgan fingerprint density at radius 2 is 1.86 bits per heavy atom. The van der Waals surface area contributed by atoms with E-state index in [9.17, 15) is 9.50 Å². The van der Waals surface area contributed by atoms with Crippen molar-refractivity contribution in [3.05, 3.63) is 34.1 Å². The fraction of sp³-hybridized carbons (Fsp3) is 0.455. The number of hydrogen-bond donors (Lipinski definition) is 1. The molecule has 0 bridgehead atoms. The first-order valence-electron chi connectivity index (χ1n) is 4.61. The van der Waals surface area contributed by atoms with Gasteiger partial charge in [-0.2, -0.15) is 0 Å². The van der Waals surface area contributed by atoms with E-state index in [0.717, 1.165) is 0 Å². The van der Waals surface area contributed by atoms with Gasteiger partial charge in [0.1, 0.15) is 5.82 Å². The monoisotopic (exact) mass is 216 g/mol. The van der Waals surface area contributed by atoms with Crippen molar-refractivity contribution in [3.8, 4) is 0 Å². The smallest absolute Gasteiger partial charge is 0.133 e. The maximum atomic E-state index is 13.8. The molecule has 0 fully saturated rings. The Balaban J connectivity index is 3.34. The Morgan fingerprint density at radius 3 is 2.29 bits per heavy atom. The van der Waals surface area contributed by atoms with Crippen molar-refractivity contribution in [3.63, 3.8) is 0 Å². The Hall–Kier alpha value is -0.600. The second-order valence-electron chi connectivity index (χ2n) is 3.69. The Bertz CT molecular complexity index is 334. The van der Waals surface area contributed by atoms with Crippen molar-refractivity contribution in [2.45, 2.75) is 32.8 Å². The molecular weight excluding hydrogens is 203 g/mol. The Morgan fingerprint density at radius 1 is 1.29 bits per heavy atom. The zero-order valence-electron chi connectivity index (χ0n) is 8.51. The third-order valence-corrected chi connectivity index (χ3v) is 2.53. The van der Waals surface area contributed by atoms with Crippen molar-refractivity contribution in [1.29, 1.82) is 0 Å². The maximum Gasteiger partial charge on any atom is 0.133 e. The summed E-state index contributed by atoms with van der Waals surface area (Å²) >= 11 is 5.80. The molecule has 1 rings (SSSR count). The first-order chi connectivity index (χ1) is 6.45. The summed E-state index contributed by atoms with van der Waals surface area (Å²) in [6.07, 6.45) is -0.874. The lowest BCUT2D eigenvalue weighted by molar-refractivity contribution is 0.194. The lowest BCUT2D eigenvalue weighted by Crippen LogP contribution is -2.02. The van der Waals surface area contributed by atoms with Crippen LogP contribution in [0, 0.1) is 5.82 Å². The average Bonchev–Trinajstić information content (AvgIpc) is 2.02. The van der Waals surface area contributed by atoms with Crippen LogP contribution in [0.4, 0.5) is 4.39 Å². The largest absolute Gasteiger partial charge is 0.389 e. The van der Waals surface area contributed by atoms with Crippen LogP contribution in [-0.4, -0.2) is 5.11 Å². The van der Waals surface area contributed by atoms with Crippen molar-refractivity contribution >= 4 is 11.6 Å². The van der Waals surface area contributed by atoms with Crippen LogP contribution in [0.1, 0.15) is 43.9 Å². The van der Waals surface area contributed by atoms with Gasteiger partial charge in [-0.1, -0.05) is 31.5 Å². The van der Waals surface area contributed by atoms with Crippen LogP contribution in [-0.2, 0) is 0 Å². The standard InChI is InChI=1S/C11H14ClFO/c1-6(2)8-4-5-9(12)10(7(3)14)11(8)13/h4-7,14H,1-3H3. The number of rotatable bonds is 2. The molecule has 78 valence electrons. The summed E-state index contributed by atoms with van der Waals surface area (Å²) in [6, 6.07) is 3.29. The molecule has 3 heteroatoms. The average molecular weight is 217 g/mol. The molecule has 1 nitrogen and oxygen atoms in total. The molecule has 0 saturated carbocycles. The number of aliphatic hydroxyl groups is 1. The Kier molecular flexibility index (Phi) is 3.51. The number of benzene rings is 1. The van der Waals surface area contributed by atoms with Gasteiger partial charge < -0.3 is 5.11 Å². The summed E-state index contributed by atoms with van der Waals surface area (Å²) in [4.78, 5) is 0. The van der Waals surface area contributed by atoms with E-state index in [4.69, 9.17) is 11.6 Å². The summed E-state index contributed by atoms with van der Waals surface area (Å²) in [5.74, 6) is -0.299. The van der Waals surface area contributed by atoms with Gasteiger partial charge in [0.25, 0.3) is 0 Å². The topological polar surface area (TPSA) is 20.2 Å². The lowest BCUT2D eigenvalue weighted by atomic mass is 9.98. The van der Waals surface area contributed by atoms with Crippen LogP contribution in [0.25, 0.3) is 0 Å². The third kappa shape index (κ3) is 2.07. The van der Waals surface area contributed by atoms with Crippen molar-refractivity contribution in [1.82, 2.24) is 0 Å². The molecule has 0 amide bonds. The van der Waals surface area contributed by atoms with Gasteiger partial charge in [0, 0.05) is 10.6 Å². The van der Waals surface area contributed by atoms with E-state index < -0.39 is 6.10 Å². The molecule has 0 aromatic heterocycles. The van der Waals surface area contributed by atoms with Gasteiger partial charge in [-0.15, -0.1) is 0 Å². The molecule has 0 heterocycles. The minimum atomic E-state index is -0.874. The molecule has 0 aliphatic rings. The summed E-state index contributed by atoms with van der Waals surface area (Å²) < 4.78 is 13.8. The van der Waals surface area contributed by atoms with Crippen molar-refractivity contribution in [2.75, 3.05) is 0 Å². The summed E-state index contributed by atoms with van der Waals surface area (Å²) in [5, 5.41) is 9.65. The van der Waals surface area contributed by atoms with Gasteiger partial charge in [0.05, 0.1) is 6.10 Å². The predicted octanol–water partition coefficient (Wildman–Crippen LogP) is 3.66. The third-order valence-electron chi connectivity index (χ3n) is 2.20. The number of aliphatic hydroxyl groups excluding tert-OH is 1. The van der Waals surface area contributed by atoms with Gasteiger partial charge in [0.15, 0.2) is 0 Å². The molecule has 0 aliphatic carbocycles. The van der Waals surface area contributed by atoms with E-state index in [1.165, 1.54) is 6.92 Å². The van der Waals surface area contributed by atoms with E-state index in [-0.39, 0.29) is 22.3 Å². The quantitative estimate of drug-likeness (QED) is 0.800. The second kappa shape index (κ2) is 4.28. The highest BCUT2D eigenvalue weighted by Crippen LogP contribution is 2.30. The predicted molar refractivity (Wildman–Crippen MR) is 56.1 cm³/mol. The molecule has 0 spiro atoms.